The number of hydrogen-bond donors (Lipinski definition) is 1. The summed E-state index contributed by atoms with van der Waals surface area (Å²) in [5.74, 6) is -1.40. The van der Waals surface area contributed by atoms with Crippen LogP contribution in [0.4, 0.5) is 5.69 Å². The molecule has 30 heavy (non-hydrogen) atoms. The highest BCUT2D eigenvalue weighted by atomic mass is 35.5. The number of halogens is 2. The van der Waals surface area contributed by atoms with E-state index in [1.165, 1.54) is 12.1 Å². The lowest BCUT2D eigenvalue weighted by molar-refractivity contribution is -0.117. The Balaban J connectivity index is 1.66. The lowest BCUT2D eigenvalue weighted by Gasteiger charge is -2.26. The number of anilines is 1. The van der Waals surface area contributed by atoms with Gasteiger partial charge in [-0.3, -0.25) is 14.4 Å². The number of thiophene rings is 1. The molecule has 2 aromatic carbocycles. The van der Waals surface area contributed by atoms with Crippen molar-refractivity contribution in [3.05, 3.63) is 79.5 Å². The summed E-state index contributed by atoms with van der Waals surface area (Å²) in [6.45, 7) is 0.198. The molecule has 3 aromatic rings. The number of nitrogens with two attached hydrogens (primary N) is 1. The number of amides is 3. The first-order chi connectivity index (χ1) is 14.4. The van der Waals surface area contributed by atoms with Crippen LogP contribution in [-0.2, 0) is 17.8 Å². The van der Waals surface area contributed by atoms with Crippen molar-refractivity contribution in [2.75, 3.05) is 4.90 Å². The largest absolute Gasteiger partial charge is 0.489 e. The summed E-state index contributed by atoms with van der Waals surface area (Å²) in [6, 6.07) is 11.9. The van der Waals surface area contributed by atoms with Crippen molar-refractivity contribution in [2.45, 2.75) is 13.0 Å². The Morgan fingerprint density at radius 3 is 2.63 bits per heavy atom. The van der Waals surface area contributed by atoms with Gasteiger partial charge in [0.15, 0.2) is 0 Å². The van der Waals surface area contributed by atoms with Crippen LogP contribution in [0.2, 0.25) is 10.0 Å². The molecule has 1 aromatic heterocycles. The molecule has 0 fully saturated rings. The first-order valence-corrected chi connectivity index (χ1v) is 10.4. The molecule has 0 bridgehead atoms. The number of carbonyl (C=O) groups is 3. The molecule has 9 heteroatoms. The maximum Gasteiger partial charge on any atom is 0.267 e. The smallest absolute Gasteiger partial charge is 0.267 e. The number of hydrogen-bond acceptors (Lipinski definition) is 5. The fraction of sp³-hybridized carbons (Fsp3) is 0.0952. The van der Waals surface area contributed by atoms with Gasteiger partial charge in [-0.25, -0.2) is 4.90 Å². The van der Waals surface area contributed by atoms with Crippen LogP contribution in [0.25, 0.3) is 0 Å². The molecule has 2 heterocycles. The van der Waals surface area contributed by atoms with E-state index in [9.17, 15) is 14.4 Å². The highest BCUT2D eigenvalue weighted by molar-refractivity contribution is 7.12. The predicted molar refractivity (Wildman–Crippen MR) is 116 cm³/mol. The molecule has 0 radical (unpaired) electrons. The van der Waals surface area contributed by atoms with Crippen molar-refractivity contribution in [3.63, 3.8) is 0 Å². The maximum atomic E-state index is 13.1. The van der Waals surface area contributed by atoms with Gasteiger partial charge in [-0.05, 0) is 29.1 Å². The van der Waals surface area contributed by atoms with Crippen molar-refractivity contribution in [1.29, 1.82) is 0 Å². The zero-order chi connectivity index (χ0) is 21.4. The third-order valence-corrected chi connectivity index (χ3v) is 6.34. The number of benzene rings is 2. The van der Waals surface area contributed by atoms with Crippen LogP contribution in [0.15, 0.2) is 47.8 Å². The van der Waals surface area contributed by atoms with E-state index < -0.39 is 17.7 Å². The molecule has 6 nitrogen and oxygen atoms in total. The third-order valence-electron chi connectivity index (χ3n) is 4.61. The predicted octanol–water partition coefficient (Wildman–Crippen LogP) is 4.46. The van der Waals surface area contributed by atoms with Crippen molar-refractivity contribution in [3.8, 4) is 5.75 Å². The molecule has 4 rings (SSSR count). The second-order valence-corrected chi connectivity index (χ2v) is 8.23. The SMILES string of the molecule is NC(=O)c1scc2c1C(=O)N(c1cc(OCc3ccccc3Cl)ccc1Cl)C(=O)C2. The summed E-state index contributed by atoms with van der Waals surface area (Å²) in [5, 5.41) is 2.37. The zero-order valence-electron chi connectivity index (χ0n) is 15.4. The lowest BCUT2D eigenvalue weighted by Crippen LogP contribution is -2.43. The third kappa shape index (κ3) is 3.67. The monoisotopic (exact) mass is 460 g/mol. The van der Waals surface area contributed by atoms with Crippen molar-refractivity contribution in [1.82, 2.24) is 0 Å². The highest BCUT2D eigenvalue weighted by Gasteiger charge is 2.37. The molecule has 152 valence electrons. The normalized spacial score (nSPS) is 13.3. The molecule has 0 saturated heterocycles. The Kier molecular flexibility index (Phi) is 5.51. The summed E-state index contributed by atoms with van der Waals surface area (Å²) < 4.78 is 5.78. The summed E-state index contributed by atoms with van der Waals surface area (Å²) in [7, 11) is 0. The van der Waals surface area contributed by atoms with Gasteiger partial charge in [-0.2, -0.15) is 0 Å². The van der Waals surface area contributed by atoms with E-state index in [1.54, 1.807) is 17.5 Å². The second kappa shape index (κ2) is 8.10. The van der Waals surface area contributed by atoms with Gasteiger partial charge in [-0.15, -0.1) is 11.3 Å². The van der Waals surface area contributed by atoms with Gasteiger partial charge < -0.3 is 10.5 Å². The molecule has 0 atom stereocenters. The van der Waals surface area contributed by atoms with Gasteiger partial charge in [0.2, 0.25) is 5.91 Å². The number of carbonyl (C=O) groups excluding carboxylic acids is 3. The Labute approximate surface area is 185 Å². The van der Waals surface area contributed by atoms with Gasteiger partial charge in [0.25, 0.3) is 11.8 Å². The van der Waals surface area contributed by atoms with E-state index in [1.807, 2.05) is 18.2 Å². The zero-order valence-corrected chi connectivity index (χ0v) is 17.7. The van der Waals surface area contributed by atoms with E-state index in [0.29, 0.717) is 16.3 Å². The first kappa shape index (κ1) is 20.4. The molecule has 0 aliphatic carbocycles. The van der Waals surface area contributed by atoms with E-state index in [-0.39, 0.29) is 34.2 Å². The molecule has 0 spiro atoms. The standard InChI is InChI=1S/C21H14Cl2N2O4S/c22-14-4-2-1-3-11(14)9-29-13-5-6-15(23)16(8-13)25-17(26)7-12-10-30-19(20(24)27)18(12)21(25)28/h1-6,8,10H,7,9H2,(H2,24,27). The molecular weight excluding hydrogens is 447 g/mol. The summed E-state index contributed by atoms with van der Waals surface area (Å²) in [5.41, 5.74) is 6.98. The molecule has 2 N–H and O–H groups in total. The van der Waals surface area contributed by atoms with Crippen molar-refractivity contribution in [2.24, 2.45) is 5.73 Å². The highest BCUT2D eigenvalue weighted by Crippen LogP contribution is 2.36. The van der Waals surface area contributed by atoms with Gasteiger partial charge >= 0.3 is 0 Å². The number of ether oxygens (including phenoxy) is 1. The summed E-state index contributed by atoms with van der Waals surface area (Å²) in [4.78, 5) is 38.6. The molecule has 1 aliphatic rings. The van der Waals surface area contributed by atoms with E-state index in [0.717, 1.165) is 21.8 Å². The van der Waals surface area contributed by atoms with E-state index >= 15 is 0 Å². The van der Waals surface area contributed by atoms with Crippen molar-refractivity contribution >= 4 is 57.9 Å². The average molecular weight is 461 g/mol. The lowest BCUT2D eigenvalue weighted by atomic mass is 10.0. The minimum Gasteiger partial charge on any atom is -0.489 e. The van der Waals surface area contributed by atoms with Crippen LogP contribution >= 0.6 is 34.5 Å². The van der Waals surface area contributed by atoms with Crippen LogP contribution in [0.1, 0.15) is 31.2 Å². The summed E-state index contributed by atoms with van der Waals surface area (Å²) in [6.07, 6.45) is -0.0358. The summed E-state index contributed by atoms with van der Waals surface area (Å²) >= 11 is 13.5. The average Bonchev–Trinajstić information content (AvgIpc) is 3.13. The van der Waals surface area contributed by atoms with Crippen molar-refractivity contribution < 1.29 is 19.1 Å². The fourth-order valence-corrected chi connectivity index (χ4v) is 4.49. The molecule has 1 aliphatic heterocycles. The topological polar surface area (TPSA) is 89.7 Å². The van der Waals surface area contributed by atoms with E-state index in [4.69, 9.17) is 33.7 Å². The Morgan fingerprint density at radius 1 is 1.13 bits per heavy atom. The van der Waals surface area contributed by atoms with E-state index in [2.05, 4.69) is 0 Å². The van der Waals surface area contributed by atoms with Crippen LogP contribution in [0.3, 0.4) is 0 Å². The number of fused-ring (bicyclic) bond motifs is 1. The minimum atomic E-state index is -0.716. The Bertz CT molecular complexity index is 1190. The molecular formula is C21H14Cl2N2O4S. The molecule has 3 amide bonds. The maximum absolute atomic E-state index is 13.1. The molecule has 0 saturated carbocycles. The number of imide groups is 1. The quantitative estimate of drug-likeness (QED) is 0.568. The second-order valence-electron chi connectivity index (χ2n) is 6.53. The van der Waals surface area contributed by atoms with Crippen LogP contribution < -0.4 is 15.4 Å². The van der Waals surface area contributed by atoms with Gasteiger partial charge in [0.1, 0.15) is 17.2 Å². The molecule has 0 unspecified atom stereocenters. The number of rotatable bonds is 5. The van der Waals surface area contributed by atoms with Crippen LogP contribution in [0, 0.1) is 0 Å². The van der Waals surface area contributed by atoms with Crippen LogP contribution in [0.5, 0.6) is 5.75 Å². The first-order valence-electron chi connectivity index (χ1n) is 8.80. The van der Waals surface area contributed by atoms with Gasteiger partial charge in [0, 0.05) is 16.7 Å². The number of primary amides is 1. The van der Waals surface area contributed by atoms with Gasteiger partial charge in [-0.1, -0.05) is 41.4 Å². The number of nitrogens with zero attached hydrogens (tertiary/aromatic N) is 1. The fourth-order valence-electron chi connectivity index (χ4n) is 3.18. The Hall–Kier alpha value is -2.87. The van der Waals surface area contributed by atoms with Gasteiger partial charge in [0.05, 0.1) is 22.7 Å². The van der Waals surface area contributed by atoms with Crippen LogP contribution in [-0.4, -0.2) is 17.7 Å². The Morgan fingerprint density at radius 2 is 1.90 bits per heavy atom. The minimum absolute atomic E-state index is 0.0358.